The predicted octanol–water partition coefficient (Wildman–Crippen LogP) is 4.50. The number of methoxy groups -OCH3 is 3. The molecule has 0 radical (unpaired) electrons. The zero-order valence-electron chi connectivity index (χ0n) is 14.3. The lowest BCUT2D eigenvalue weighted by Crippen LogP contribution is -2.27. The van der Waals surface area contributed by atoms with Crippen LogP contribution in [0, 0.1) is 0 Å². The van der Waals surface area contributed by atoms with Crippen LogP contribution in [-0.2, 0) is 10.0 Å². The minimum atomic E-state index is -4.06. The molecule has 2 aromatic carbocycles. The third kappa shape index (κ3) is 3.62. The van der Waals surface area contributed by atoms with Crippen molar-refractivity contribution in [3.8, 4) is 17.2 Å². The highest BCUT2D eigenvalue weighted by atomic mass is 35.5. The van der Waals surface area contributed by atoms with E-state index in [4.69, 9.17) is 49.0 Å². The lowest BCUT2D eigenvalue weighted by Gasteiger charge is -2.23. The molecule has 0 fully saturated rings. The van der Waals surface area contributed by atoms with Gasteiger partial charge in [0.2, 0.25) is 0 Å². The maximum absolute atomic E-state index is 13.1. The molecule has 0 heterocycles. The van der Waals surface area contributed by atoms with Gasteiger partial charge in [-0.15, -0.1) is 0 Å². The molecule has 2 aromatic rings. The Bertz CT molecular complexity index is 934. The lowest BCUT2D eigenvalue weighted by atomic mass is 10.2. The molecule has 0 aromatic heterocycles. The van der Waals surface area contributed by atoms with Gasteiger partial charge in [0, 0.05) is 19.2 Å². The number of rotatable bonds is 6. The number of sulfonamides is 1. The Labute approximate surface area is 167 Å². The number of hydrogen-bond acceptors (Lipinski definition) is 5. The maximum Gasteiger partial charge on any atom is 0.265 e. The van der Waals surface area contributed by atoms with E-state index in [1.54, 1.807) is 0 Å². The van der Waals surface area contributed by atoms with Crippen molar-refractivity contribution in [2.24, 2.45) is 0 Å². The van der Waals surface area contributed by atoms with E-state index in [2.05, 4.69) is 0 Å². The Hall–Kier alpha value is -1.54. The summed E-state index contributed by atoms with van der Waals surface area (Å²) in [5.74, 6) is 0.810. The first-order valence-electron chi connectivity index (χ1n) is 7.11. The smallest absolute Gasteiger partial charge is 0.265 e. The zero-order chi connectivity index (χ0) is 19.6. The summed E-state index contributed by atoms with van der Waals surface area (Å²) in [5.41, 5.74) is 0.219. The summed E-state index contributed by atoms with van der Waals surface area (Å²) in [4.78, 5) is -0.177. The van der Waals surface area contributed by atoms with Gasteiger partial charge in [-0.1, -0.05) is 34.8 Å². The Kier molecular flexibility index (Phi) is 6.39. The molecule has 0 amide bonds. The van der Waals surface area contributed by atoms with Gasteiger partial charge in [-0.3, -0.25) is 4.31 Å². The summed E-state index contributed by atoms with van der Waals surface area (Å²) < 4.78 is 42.6. The summed E-state index contributed by atoms with van der Waals surface area (Å²) in [6, 6.07) is 5.66. The van der Waals surface area contributed by atoms with Crippen LogP contribution >= 0.6 is 34.8 Å². The van der Waals surface area contributed by atoms with Crippen LogP contribution in [0.15, 0.2) is 29.2 Å². The number of ether oxygens (including phenoxy) is 3. The fraction of sp³-hybridized carbons (Fsp3) is 0.250. The van der Waals surface area contributed by atoms with Gasteiger partial charge < -0.3 is 14.2 Å². The van der Waals surface area contributed by atoms with E-state index in [1.165, 1.54) is 52.6 Å². The number of anilines is 1. The Morgan fingerprint density at radius 3 is 1.96 bits per heavy atom. The van der Waals surface area contributed by atoms with Gasteiger partial charge in [-0.2, -0.15) is 0 Å². The van der Waals surface area contributed by atoms with Crippen LogP contribution in [-0.4, -0.2) is 36.8 Å². The Morgan fingerprint density at radius 2 is 1.42 bits per heavy atom. The van der Waals surface area contributed by atoms with E-state index in [1.807, 2.05) is 0 Å². The van der Waals surface area contributed by atoms with Crippen molar-refractivity contribution < 1.29 is 22.6 Å². The van der Waals surface area contributed by atoms with E-state index in [9.17, 15) is 8.42 Å². The van der Waals surface area contributed by atoms with Gasteiger partial charge in [-0.05, 0) is 12.1 Å². The molecule has 0 aliphatic carbocycles. The van der Waals surface area contributed by atoms with E-state index in [0.717, 1.165) is 4.31 Å². The summed E-state index contributed by atoms with van der Waals surface area (Å²) in [6.07, 6.45) is 0. The number of halogens is 3. The molecule has 0 unspecified atom stereocenters. The van der Waals surface area contributed by atoms with Crippen LogP contribution in [0.25, 0.3) is 0 Å². The van der Waals surface area contributed by atoms with Gasteiger partial charge in [0.25, 0.3) is 10.0 Å². The quantitative estimate of drug-likeness (QED) is 0.662. The van der Waals surface area contributed by atoms with Crippen molar-refractivity contribution in [2.45, 2.75) is 4.90 Å². The summed E-state index contributed by atoms with van der Waals surface area (Å²) in [7, 11) is 1.53. The van der Waals surface area contributed by atoms with Crippen molar-refractivity contribution in [2.75, 3.05) is 32.7 Å². The highest BCUT2D eigenvalue weighted by Crippen LogP contribution is 2.42. The largest absolute Gasteiger partial charge is 0.495 e. The third-order valence-corrected chi connectivity index (χ3v) is 6.75. The van der Waals surface area contributed by atoms with Crippen molar-refractivity contribution in [1.82, 2.24) is 0 Å². The molecule has 0 spiro atoms. The fourth-order valence-corrected chi connectivity index (χ4v) is 4.48. The summed E-state index contributed by atoms with van der Waals surface area (Å²) in [6.45, 7) is 0. The number of hydrogen-bond donors (Lipinski definition) is 0. The average Bonchev–Trinajstić information content (AvgIpc) is 2.62. The Morgan fingerprint density at radius 1 is 0.846 bits per heavy atom. The molecule has 0 aliphatic rings. The minimum absolute atomic E-state index is 0.00398. The van der Waals surface area contributed by atoms with Crippen molar-refractivity contribution in [3.05, 3.63) is 39.3 Å². The second kappa shape index (κ2) is 8.00. The molecule has 0 bridgehead atoms. The molecule has 26 heavy (non-hydrogen) atoms. The molecule has 142 valence electrons. The molecule has 0 aliphatic heterocycles. The molecular weight excluding hydrogens is 425 g/mol. The van der Waals surface area contributed by atoms with Gasteiger partial charge in [0.15, 0.2) is 0 Å². The van der Waals surface area contributed by atoms with Crippen molar-refractivity contribution in [1.29, 1.82) is 0 Å². The molecule has 0 atom stereocenters. The lowest BCUT2D eigenvalue weighted by molar-refractivity contribution is 0.404. The first kappa shape index (κ1) is 20.8. The van der Waals surface area contributed by atoms with Gasteiger partial charge in [0.05, 0.1) is 37.1 Å². The molecule has 10 heteroatoms. The maximum atomic E-state index is 13.1. The predicted molar refractivity (Wildman–Crippen MR) is 103 cm³/mol. The molecule has 6 nitrogen and oxygen atoms in total. The highest BCUT2D eigenvalue weighted by molar-refractivity contribution is 7.93. The molecule has 0 saturated carbocycles. The highest BCUT2D eigenvalue weighted by Gasteiger charge is 2.29. The number of nitrogens with zero attached hydrogens (tertiary/aromatic N) is 1. The van der Waals surface area contributed by atoms with Crippen LogP contribution in [0.5, 0.6) is 17.2 Å². The second-order valence-corrected chi connectivity index (χ2v) is 8.13. The van der Waals surface area contributed by atoms with Crippen LogP contribution in [0.1, 0.15) is 0 Å². The normalized spacial score (nSPS) is 11.2. The molecule has 2 rings (SSSR count). The number of benzene rings is 2. The zero-order valence-corrected chi connectivity index (χ0v) is 17.4. The van der Waals surface area contributed by atoms with Gasteiger partial charge in [0.1, 0.15) is 27.2 Å². The Balaban J connectivity index is 2.63. The molecule has 0 N–H and O–H groups in total. The van der Waals surface area contributed by atoms with Crippen LogP contribution in [0.3, 0.4) is 0 Å². The van der Waals surface area contributed by atoms with Gasteiger partial charge >= 0.3 is 0 Å². The van der Waals surface area contributed by atoms with Crippen LogP contribution in [0.4, 0.5) is 5.69 Å². The minimum Gasteiger partial charge on any atom is -0.495 e. The van der Waals surface area contributed by atoms with E-state index >= 15 is 0 Å². The third-order valence-electron chi connectivity index (χ3n) is 3.66. The topological polar surface area (TPSA) is 65.1 Å². The monoisotopic (exact) mass is 439 g/mol. The van der Waals surface area contributed by atoms with Gasteiger partial charge in [-0.25, -0.2) is 8.42 Å². The van der Waals surface area contributed by atoms with E-state index in [0.29, 0.717) is 5.75 Å². The first-order valence-corrected chi connectivity index (χ1v) is 9.68. The van der Waals surface area contributed by atoms with E-state index in [-0.39, 0.29) is 37.1 Å². The van der Waals surface area contributed by atoms with Crippen LogP contribution in [0.2, 0.25) is 15.1 Å². The second-order valence-electron chi connectivity index (χ2n) is 5.03. The van der Waals surface area contributed by atoms with E-state index < -0.39 is 10.0 Å². The standard InChI is InChI=1S/C16H16Cl3NO5S/c1-20(10-8-12(24-3)9(17)7-13(10)25-4)26(21,22)14-6-5-11(23-2)15(18)16(14)19/h5-8H,1-4H3. The summed E-state index contributed by atoms with van der Waals surface area (Å²) >= 11 is 18.3. The average molecular weight is 441 g/mol. The van der Waals surface area contributed by atoms with Crippen LogP contribution < -0.4 is 18.5 Å². The van der Waals surface area contributed by atoms with Crippen molar-refractivity contribution in [3.63, 3.8) is 0 Å². The SMILES string of the molecule is COc1cc(N(C)S(=O)(=O)c2ccc(OC)c(Cl)c2Cl)c(OC)cc1Cl. The summed E-state index contributed by atoms with van der Waals surface area (Å²) in [5, 5.41) is 0.145. The molecule has 0 saturated heterocycles. The van der Waals surface area contributed by atoms with Crippen molar-refractivity contribution >= 4 is 50.5 Å². The fourth-order valence-electron chi connectivity index (χ4n) is 2.24. The first-order chi connectivity index (χ1) is 12.2. The molecular formula is C16H16Cl3NO5S.